The van der Waals surface area contributed by atoms with Crippen LogP contribution in [0, 0.1) is 5.92 Å². The van der Waals surface area contributed by atoms with Crippen LogP contribution in [-0.4, -0.2) is 46.8 Å². The van der Waals surface area contributed by atoms with Crippen LogP contribution in [0.4, 0.5) is 13.2 Å². The van der Waals surface area contributed by atoms with E-state index in [1.54, 1.807) is 20.8 Å². The quantitative estimate of drug-likeness (QED) is 0.912. The Morgan fingerprint density at radius 3 is 2.54 bits per heavy atom. The molecule has 1 amide bonds. The van der Waals surface area contributed by atoms with E-state index in [-0.39, 0.29) is 5.92 Å². The van der Waals surface area contributed by atoms with Crippen molar-refractivity contribution in [1.82, 2.24) is 20.0 Å². The fourth-order valence-electron chi connectivity index (χ4n) is 2.99. The Labute approximate surface area is 140 Å². The zero-order valence-electron chi connectivity index (χ0n) is 14.6. The summed E-state index contributed by atoms with van der Waals surface area (Å²) in [5.74, 6) is -0.436. The molecule has 0 spiro atoms. The molecule has 0 saturated carbocycles. The summed E-state index contributed by atoms with van der Waals surface area (Å²) in [7, 11) is 0. The molecule has 2 heterocycles. The average Bonchev–Trinajstić information content (AvgIpc) is 3.10. The molecule has 0 radical (unpaired) electrons. The summed E-state index contributed by atoms with van der Waals surface area (Å²) >= 11 is 0. The van der Waals surface area contributed by atoms with E-state index in [0.717, 1.165) is 36.9 Å². The molecule has 1 saturated heterocycles. The van der Waals surface area contributed by atoms with Crippen LogP contribution in [0.3, 0.4) is 0 Å². The first-order valence-corrected chi connectivity index (χ1v) is 8.20. The van der Waals surface area contributed by atoms with E-state index in [9.17, 15) is 18.0 Å². The fourth-order valence-corrected chi connectivity index (χ4v) is 2.99. The summed E-state index contributed by atoms with van der Waals surface area (Å²) in [6, 6.07) is 0. The van der Waals surface area contributed by atoms with Gasteiger partial charge in [-0.25, -0.2) is 0 Å². The molecule has 136 valence electrons. The second-order valence-electron chi connectivity index (χ2n) is 7.25. The number of likely N-dealkylation sites (tertiary alicyclic amines) is 1. The molecule has 1 aliphatic heterocycles. The standard InChI is InChI=1S/C16H25F3N4O/c1-5-22-7-6-11(10-22)8-20-14(24)12-9-21-23(15(2,3)4)13(12)16(17,18)19/h9,11H,5-8,10H2,1-4H3,(H,20,24)/t11-/m1/s1. The van der Waals surface area contributed by atoms with Crippen LogP contribution in [0.2, 0.25) is 0 Å². The third kappa shape index (κ3) is 4.09. The van der Waals surface area contributed by atoms with Gasteiger partial charge in [-0.2, -0.15) is 18.3 Å². The Morgan fingerprint density at radius 2 is 2.04 bits per heavy atom. The Kier molecular flexibility index (Phi) is 5.27. The monoisotopic (exact) mass is 346 g/mol. The predicted molar refractivity (Wildman–Crippen MR) is 84.8 cm³/mol. The van der Waals surface area contributed by atoms with Gasteiger partial charge in [-0.1, -0.05) is 6.92 Å². The molecule has 0 bridgehead atoms. The number of alkyl halides is 3. The van der Waals surface area contributed by atoms with Crippen LogP contribution >= 0.6 is 0 Å². The van der Waals surface area contributed by atoms with Crippen LogP contribution in [0.5, 0.6) is 0 Å². The Balaban J connectivity index is 2.14. The van der Waals surface area contributed by atoms with Gasteiger partial charge in [0.15, 0.2) is 5.69 Å². The molecule has 24 heavy (non-hydrogen) atoms. The van der Waals surface area contributed by atoms with Gasteiger partial charge in [0.1, 0.15) is 0 Å². The molecule has 1 aromatic rings. The van der Waals surface area contributed by atoms with Gasteiger partial charge in [0, 0.05) is 13.1 Å². The fraction of sp³-hybridized carbons (Fsp3) is 0.750. The molecule has 1 fully saturated rings. The van der Waals surface area contributed by atoms with Gasteiger partial charge in [0.25, 0.3) is 5.91 Å². The van der Waals surface area contributed by atoms with Crippen LogP contribution in [0.1, 0.15) is 50.2 Å². The second-order valence-corrected chi connectivity index (χ2v) is 7.25. The van der Waals surface area contributed by atoms with Crippen molar-refractivity contribution in [3.05, 3.63) is 17.5 Å². The number of nitrogens with zero attached hydrogens (tertiary/aromatic N) is 3. The maximum Gasteiger partial charge on any atom is 0.433 e. The maximum atomic E-state index is 13.4. The number of carbonyl (C=O) groups excluding carboxylic acids is 1. The maximum absolute atomic E-state index is 13.4. The van der Waals surface area contributed by atoms with Crippen molar-refractivity contribution in [3.8, 4) is 0 Å². The zero-order chi connectivity index (χ0) is 18.1. The molecule has 8 heteroatoms. The predicted octanol–water partition coefficient (Wildman–Crippen LogP) is 2.73. The number of hydrogen-bond acceptors (Lipinski definition) is 3. The van der Waals surface area contributed by atoms with Gasteiger partial charge in [-0.3, -0.25) is 9.48 Å². The van der Waals surface area contributed by atoms with Crippen LogP contribution < -0.4 is 5.32 Å². The highest BCUT2D eigenvalue weighted by molar-refractivity contribution is 5.95. The molecule has 1 aromatic heterocycles. The molecular weight excluding hydrogens is 321 g/mol. The number of amides is 1. The summed E-state index contributed by atoms with van der Waals surface area (Å²) in [6.07, 6.45) is -2.68. The van der Waals surface area contributed by atoms with E-state index in [2.05, 4.69) is 22.2 Å². The van der Waals surface area contributed by atoms with Crippen molar-refractivity contribution in [3.63, 3.8) is 0 Å². The largest absolute Gasteiger partial charge is 0.433 e. The first kappa shape index (κ1) is 18.8. The van der Waals surface area contributed by atoms with Gasteiger partial charge in [-0.15, -0.1) is 0 Å². The van der Waals surface area contributed by atoms with Crippen LogP contribution in [0.25, 0.3) is 0 Å². The lowest BCUT2D eigenvalue weighted by atomic mass is 10.1. The van der Waals surface area contributed by atoms with E-state index in [1.807, 2.05) is 0 Å². The van der Waals surface area contributed by atoms with Crippen molar-refractivity contribution in [2.75, 3.05) is 26.2 Å². The van der Waals surface area contributed by atoms with Gasteiger partial charge in [0.2, 0.25) is 0 Å². The molecule has 0 unspecified atom stereocenters. The second kappa shape index (κ2) is 6.74. The van der Waals surface area contributed by atoms with Crippen molar-refractivity contribution in [2.24, 2.45) is 5.92 Å². The molecule has 5 nitrogen and oxygen atoms in total. The first-order chi connectivity index (χ1) is 11.0. The molecule has 1 atom stereocenters. The van der Waals surface area contributed by atoms with E-state index in [4.69, 9.17) is 0 Å². The molecule has 1 N–H and O–H groups in total. The minimum atomic E-state index is -4.64. The van der Waals surface area contributed by atoms with Gasteiger partial charge >= 0.3 is 6.18 Å². The molecular formula is C16H25F3N4O. The van der Waals surface area contributed by atoms with Gasteiger partial charge in [0.05, 0.1) is 17.3 Å². The Hall–Kier alpha value is -1.57. The number of aromatic nitrogens is 2. The third-order valence-electron chi connectivity index (χ3n) is 4.29. The number of nitrogens with one attached hydrogen (secondary N) is 1. The number of rotatable bonds is 4. The van der Waals surface area contributed by atoms with Crippen LogP contribution in [-0.2, 0) is 11.7 Å². The molecule has 1 aliphatic rings. The van der Waals surface area contributed by atoms with E-state index >= 15 is 0 Å². The number of hydrogen-bond donors (Lipinski definition) is 1. The molecule has 0 aliphatic carbocycles. The SMILES string of the molecule is CCN1CC[C@H](CNC(=O)c2cnn(C(C)(C)C)c2C(F)(F)F)C1. The lowest BCUT2D eigenvalue weighted by Crippen LogP contribution is -2.34. The highest BCUT2D eigenvalue weighted by Gasteiger charge is 2.42. The highest BCUT2D eigenvalue weighted by atomic mass is 19.4. The van der Waals surface area contributed by atoms with E-state index in [0.29, 0.717) is 6.54 Å². The average molecular weight is 346 g/mol. The zero-order valence-corrected chi connectivity index (χ0v) is 14.6. The minimum Gasteiger partial charge on any atom is -0.352 e. The summed E-state index contributed by atoms with van der Waals surface area (Å²) in [6.45, 7) is 10.1. The Bertz CT molecular complexity index is 589. The normalized spacial score (nSPS) is 19.7. The van der Waals surface area contributed by atoms with Crippen molar-refractivity contribution in [2.45, 2.75) is 45.8 Å². The van der Waals surface area contributed by atoms with E-state index < -0.39 is 28.9 Å². The summed E-state index contributed by atoms with van der Waals surface area (Å²) in [5.41, 5.74) is -2.27. The topological polar surface area (TPSA) is 50.2 Å². The smallest absolute Gasteiger partial charge is 0.352 e. The van der Waals surface area contributed by atoms with Crippen LogP contribution in [0.15, 0.2) is 6.20 Å². The minimum absolute atomic E-state index is 0.279. The lowest BCUT2D eigenvalue weighted by Gasteiger charge is -2.24. The van der Waals surface area contributed by atoms with E-state index in [1.165, 1.54) is 0 Å². The number of halogens is 3. The lowest BCUT2D eigenvalue weighted by molar-refractivity contribution is -0.146. The highest BCUT2D eigenvalue weighted by Crippen LogP contribution is 2.34. The third-order valence-corrected chi connectivity index (χ3v) is 4.29. The molecule has 2 rings (SSSR count). The molecule has 0 aromatic carbocycles. The van der Waals surface area contributed by atoms with Crippen molar-refractivity contribution >= 4 is 5.91 Å². The summed E-state index contributed by atoms with van der Waals surface area (Å²) < 4.78 is 41.1. The summed E-state index contributed by atoms with van der Waals surface area (Å²) in [4.78, 5) is 14.5. The first-order valence-electron chi connectivity index (χ1n) is 8.20. The van der Waals surface area contributed by atoms with Crippen molar-refractivity contribution < 1.29 is 18.0 Å². The van der Waals surface area contributed by atoms with Crippen molar-refractivity contribution in [1.29, 1.82) is 0 Å². The number of carbonyl (C=O) groups is 1. The van der Waals surface area contributed by atoms with Gasteiger partial charge in [-0.05, 0) is 46.2 Å². The summed E-state index contributed by atoms with van der Waals surface area (Å²) in [5, 5.41) is 6.45. The van der Waals surface area contributed by atoms with Gasteiger partial charge < -0.3 is 10.2 Å². The Morgan fingerprint density at radius 1 is 1.38 bits per heavy atom.